The standard InChI is InChI=1S/C36H36F2N6O9/c37-36(38,25-10-4-3-5-11-25)31(45)21-17-26-18-22-33(46)42(26)23-9-2-1-6-14-32-39-41-43(40-32)24-51-34(47)29-12-7-8-13-30(29)53-35(48)52-28-19-15-27(16-20-28)44(49)50/h3-5,7-8,10-13,15-17,19-21,26,31,45H,1-2,6,9,14,18,22-24H2/t26-,31+/m1/s1. The third-order valence-corrected chi connectivity index (χ3v) is 8.32. The van der Waals surface area contributed by atoms with Gasteiger partial charge in [0.1, 0.15) is 23.2 Å². The van der Waals surface area contributed by atoms with Crippen LogP contribution in [0, 0.1) is 10.1 Å². The van der Waals surface area contributed by atoms with Gasteiger partial charge in [-0.3, -0.25) is 14.9 Å². The van der Waals surface area contributed by atoms with Crippen molar-refractivity contribution < 1.29 is 47.4 Å². The van der Waals surface area contributed by atoms with Crippen molar-refractivity contribution in [2.24, 2.45) is 0 Å². The van der Waals surface area contributed by atoms with E-state index in [2.05, 4.69) is 15.4 Å². The van der Waals surface area contributed by atoms with Gasteiger partial charge >= 0.3 is 18.0 Å². The van der Waals surface area contributed by atoms with E-state index in [9.17, 15) is 38.4 Å². The van der Waals surface area contributed by atoms with Crippen molar-refractivity contribution in [1.82, 2.24) is 25.1 Å². The van der Waals surface area contributed by atoms with Gasteiger partial charge in [0.2, 0.25) is 12.6 Å². The molecule has 0 bridgehead atoms. The van der Waals surface area contributed by atoms with Gasteiger partial charge in [-0.1, -0.05) is 67.5 Å². The van der Waals surface area contributed by atoms with E-state index in [-0.39, 0.29) is 47.0 Å². The number of carbonyl (C=O) groups excluding carboxylic acids is 3. The summed E-state index contributed by atoms with van der Waals surface area (Å²) in [4.78, 5) is 50.5. The molecule has 53 heavy (non-hydrogen) atoms. The molecule has 15 nitrogen and oxygen atoms in total. The molecule has 0 radical (unpaired) electrons. The van der Waals surface area contributed by atoms with Crippen molar-refractivity contribution in [3.05, 3.63) is 118 Å². The molecule has 278 valence electrons. The number of hydrogen-bond acceptors (Lipinski definition) is 12. The van der Waals surface area contributed by atoms with Crippen LogP contribution in [0.1, 0.15) is 60.3 Å². The number of hydrogen-bond donors (Lipinski definition) is 1. The molecule has 5 rings (SSSR count). The summed E-state index contributed by atoms with van der Waals surface area (Å²) in [5.41, 5.74) is -0.544. The predicted molar refractivity (Wildman–Crippen MR) is 182 cm³/mol. The molecule has 1 aliphatic rings. The first-order valence-electron chi connectivity index (χ1n) is 16.8. The molecule has 2 heterocycles. The highest BCUT2D eigenvalue weighted by molar-refractivity contribution is 5.93. The number of alkyl halides is 2. The maximum Gasteiger partial charge on any atom is 0.519 e. The fourth-order valence-corrected chi connectivity index (χ4v) is 5.54. The van der Waals surface area contributed by atoms with E-state index in [1.807, 2.05) is 0 Å². The van der Waals surface area contributed by atoms with Gasteiger partial charge in [0.05, 0.1) is 11.0 Å². The molecule has 1 amide bonds. The average molecular weight is 735 g/mol. The number of nitro benzene ring substituents is 1. The Morgan fingerprint density at radius 1 is 1.00 bits per heavy atom. The summed E-state index contributed by atoms with van der Waals surface area (Å²) in [6, 6.07) is 17.3. The monoisotopic (exact) mass is 734 g/mol. The molecule has 1 aromatic heterocycles. The van der Waals surface area contributed by atoms with Crippen LogP contribution >= 0.6 is 0 Å². The van der Waals surface area contributed by atoms with Crippen LogP contribution < -0.4 is 9.47 Å². The number of nitrogens with zero attached hydrogens (tertiary/aromatic N) is 6. The molecule has 1 N–H and O–H groups in total. The molecular formula is C36H36F2N6O9. The summed E-state index contributed by atoms with van der Waals surface area (Å²) >= 11 is 0. The third-order valence-electron chi connectivity index (χ3n) is 8.32. The Hall–Kier alpha value is -6.10. The van der Waals surface area contributed by atoms with Gasteiger partial charge in [-0.2, -0.15) is 8.78 Å². The van der Waals surface area contributed by atoms with Crippen molar-refractivity contribution in [2.45, 2.75) is 69.7 Å². The summed E-state index contributed by atoms with van der Waals surface area (Å²) in [6.07, 6.45) is 3.72. The average Bonchev–Trinajstić information content (AvgIpc) is 3.76. The van der Waals surface area contributed by atoms with Crippen LogP contribution in [0.4, 0.5) is 19.3 Å². The molecule has 3 aromatic carbocycles. The largest absolute Gasteiger partial charge is 0.519 e. The van der Waals surface area contributed by atoms with Crippen LogP contribution in [0.3, 0.4) is 0 Å². The number of esters is 1. The molecule has 1 saturated heterocycles. The van der Waals surface area contributed by atoms with E-state index in [1.165, 1.54) is 60.7 Å². The van der Waals surface area contributed by atoms with Gasteiger partial charge in [0, 0.05) is 37.1 Å². The minimum Gasteiger partial charge on any atom is -0.437 e. The Labute approximate surface area is 301 Å². The molecule has 0 saturated carbocycles. The van der Waals surface area contributed by atoms with Gasteiger partial charge < -0.3 is 24.2 Å². The number of rotatable bonds is 17. The number of amides is 1. The minimum absolute atomic E-state index is 0.000105. The van der Waals surface area contributed by atoms with Crippen molar-refractivity contribution in [3.63, 3.8) is 0 Å². The number of tetrazole rings is 1. The molecule has 1 fully saturated rings. The van der Waals surface area contributed by atoms with Gasteiger partial charge in [-0.05, 0) is 48.7 Å². The maximum absolute atomic E-state index is 14.7. The Bertz CT molecular complexity index is 1910. The number of aryl methyl sites for hydroxylation is 1. The second-order valence-corrected chi connectivity index (χ2v) is 12.0. The van der Waals surface area contributed by atoms with Crippen LogP contribution in [0.2, 0.25) is 0 Å². The number of nitro groups is 1. The van der Waals surface area contributed by atoms with Crippen molar-refractivity contribution >= 4 is 23.7 Å². The topological polar surface area (TPSA) is 189 Å². The highest BCUT2D eigenvalue weighted by Crippen LogP contribution is 2.33. The molecule has 1 aliphatic heterocycles. The van der Waals surface area contributed by atoms with Crippen molar-refractivity contribution in [2.75, 3.05) is 6.54 Å². The number of halogens is 2. The number of benzene rings is 3. The number of para-hydroxylation sites is 1. The SMILES string of the molecule is O=C(Oc1ccc([N+](=O)[O-])cc1)Oc1ccccc1C(=O)OCn1nnc(CCCCCCN2C(=O)CC[C@H]2C=C[C@H](O)C(F)(F)c2ccccc2)n1. The minimum atomic E-state index is -3.46. The summed E-state index contributed by atoms with van der Waals surface area (Å²) in [7, 11) is 0. The van der Waals surface area contributed by atoms with Gasteiger partial charge in [0.25, 0.3) is 5.69 Å². The summed E-state index contributed by atoms with van der Waals surface area (Å²) in [6.45, 7) is 0.0990. The highest BCUT2D eigenvalue weighted by atomic mass is 19.3. The van der Waals surface area contributed by atoms with Crippen LogP contribution in [0.5, 0.6) is 11.5 Å². The second-order valence-electron chi connectivity index (χ2n) is 12.0. The summed E-state index contributed by atoms with van der Waals surface area (Å²) in [5.74, 6) is -4.05. The second kappa shape index (κ2) is 17.9. The van der Waals surface area contributed by atoms with Crippen LogP contribution in [-0.4, -0.2) is 71.9 Å². The van der Waals surface area contributed by atoms with E-state index in [0.29, 0.717) is 38.1 Å². The number of ether oxygens (including phenoxy) is 3. The number of aliphatic hydroxyl groups excluding tert-OH is 1. The summed E-state index contributed by atoms with van der Waals surface area (Å²) < 4.78 is 44.8. The quantitative estimate of drug-likeness (QED) is 0.0345. The van der Waals surface area contributed by atoms with Crippen LogP contribution in [0.25, 0.3) is 0 Å². The Morgan fingerprint density at radius 2 is 1.72 bits per heavy atom. The molecule has 4 aromatic rings. The van der Waals surface area contributed by atoms with Gasteiger partial charge in [0.15, 0.2) is 5.82 Å². The van der Waals surface area contributed by atoms with Crippen molar-refractivity contribution in [1.29, 1.82) is 0 Å². The first kappa shape index (κ1) is 38.1. The number of unbranched alkanes of at least 4 members (excludes halogenated alkanes) is 3. The zero-order chi connectivity index (χ0) is 37.8. The molecule has 0 aliphatic carbocycles. The number of aromatic nitrogens is 4. The first-order chi connectivity index (χ1) is 25.5. The van der Waals surface area contributed by atoms with E-state index in [0.717, 1.165) is 42.3 Å². The lowest BCUT2D eigenvalue weighted by atomic mass is 10.0. The smallest absolute Gasteiger partial charge is 0.437 e. The maximum atomic E-state index is 14.7. The third kappa shape index (κ3) is 10.5. The zero-order valence-corrected chi connectivity index (χ0v) is 28.3. The number of aliphatic hydroxyl groups is 1. The molecule has 17 heteroatoms. The normalized spacial score (nSPS) is 15.0. The molecule has 2 atom stereocenters. The predicted octanol–water partition coefficient (Wildman–Crippen LogP) is 5.78. The number of likely N-dealkylation sites (tertiary alicyclic amines) is 1. The first-order valence-corrected chi connectivity index (χ1v) is 16.8. The van der Waals surface area contributed by atoms with Crippen LogP contribution in [-0.2, 0) is 28.6 Å². The number of carbonyl (C=O) groups is 3. The van der Waals surface area contributed by atoms with Gasteiger partial charge in [-0.25, -0.2) is 9.59 Å². The zero-order valence-electron chi connectivity index (χ0n) is 28.3. The van der Waals surface area contributed by atoms with Gasteiger partial charge in [-0.15, -0.1) is 15.0 Å². The van der Waals surface area contributed by atoms with E-state index in [1.54, 1.807) is 17.0 Å². The molecular weight excluding hydrogens is 698 g/mol. The van der Waals surface area contributed by atoms with E-state index in [4.69, 9.17) is 14.2 Å². The Balaban J connectivity index is 1.01. The number of non-ortho nitro benzene ring substituents is 1. The van der Waals surface area contributed by atoms with E-state index < -0.39 is 29.1 Å². The lowest BCUT2D eigenvalue weighted by Crippen LogP contribution is -2.34. The fourth-order valence-electron chi connectivity index (χ4n) is 5.54. The Kier molecular flexibility index (Phi) is 12.9. The highest BCUT2D eigenvalue weighted by Gasteiger charge is 2.39. The Morgan fingerprint density at radius 3 is 2.47 bits per heavy atom. The molecule has 0 unspecified atom stereocenters. The lowest BCUT2D eigenvalue weighted by Gasteiger charge is -2.24. The lowest BCUT2D eigenvalue weighted by molar-refractivity contribution is -0.384. The van der Waals surface area contributed by atoms with Crippen LogP contribution in [0.15, 0.2) is 91.0 Å². The summed E-state index contributed by atoms with van der Waals surface area (Å²) in [5, 5.41) is 33.1. The van der Waals surface area contributed by atoms with E-state index >= 15 is 0 Å². The van der Waals surface area contributed by atoms with Crippen molar-refractivity contribution in [3.8, 4) is 11.5 Å². The fraction of sp³-hybridized carbons (Fsp3) is 0.333. The molecule has 0 spiro atoms.